The Bertz CT molecular complexity index is 868. The fraction of sp³-hybridized carbons (Fsp3) is 0.522. The molecule has 2 aliphatic rings. The van der Waals surface area contributed by atoms with E-state index in [-0.39, 0.29) is 30.2 Å². The average Bonchev–Trinajstić information content (AvgIpc) is 3.26. The van der Waals surface area contributed by atoms with E-state index in [0.717, 1.165) is 31.2 Å². The van der Waals surface area contributed by atoms with E-state index < -0.39 is 5.60 Å². The van der Waals surface area contributed by atoms with Crippen LogP contribution in [0.5, 0.6) is 11.5 Å². The fourth-order valence-electron chi connectivity index (χ4n) is 5.08. The molecule has 2 heterocycles. The lowest BCUT2D eigenvalue weighted by Gasteiger charge is -2.52. The first kappa shape index (κ1) is 20.8. The number of nitrogens with one attached hydrogen (secondary N) is 1. The standard InChI is InChI=1S/C23H30N2O5/c1-29-20-13-16(7-8-19(20)26)22-18-6-2-3-9-23(18,28)10-11-25(22)15-21(27)24-14-17-5-4-12-30-17/h4-5,7-8,12-13,18,22,26,28H,2-3,6,9-11,14-15H2,1H3,(H,24,27)/t18-,22-,23+/m0/s1. The predicted octanol–water partition coefficient (Wildman–Crippen LogP) is 2.98. The second-order valence-electron chi connectivity index (χ2n) is 8.41. The third kappa shape index (κ3) is 4.18. The lowest BCUT2D eigenvalue weighted by molar-refractivity contribution is -0.138. The van der Waals surface area contributed by atoms with Gasteiger partial charge in [0.1, 0.15) is 5.76 Å². The van der Waals surface area contributed by atoms with E-state index in [0.29, 0.717) is 31.0 Å². The number of phenols is 1. The van der Waals surface area contributed by atoms with Crippen molar-refractivity contribution in [1.29, 1.82) is 0 Å². The summed E-state index contributed by atoms with van der Waals surface area (Å²) in [4.78, 5) is 14.8. The number of ether oxygens (including phenoxy) is 1. The molecule has 2 fully saturated rings. The lowest BCUT2D eigenvalue weighted by Crippen LogP contribution is -2.56. The van der Waals surface area contributed by atoms with Crippen LogP contribution in [0.1, 0.15) is 49.5 Å². The number of benzene rings is 1. The highest BCUT2D eigenvalue weighted by Gasteiger charge is 2.49. The molecule has 2 aromatic rings. The second-order valence-corrected chi connectivity index (χ2v) is 8.41. The Morgan fingerprint density at radius 1 is 1.33 bits per heavy atom. The summed E-state index contributed by atoms with van der Waals surface area (Å²) in [6.45, 7) is 1.22. The van der Waals surface area contributed by atoms with Gasteiger partial charge in [0.25, 0.3) is 0 Å². The number of methoxy groups -OCH3 is 1. The average molecular weight is 415 g/mol. The van der Waals surface area contributed by atoms with E-state index in [4.69, 9.17) is 9.15 Å². The van der Waals surface area contributed by atoms with E-state index in [1.807, 2.05) is 18.2 Å². The molecule has 0 radical (unpaired) electrons. The molecule has 7 nitrogen and oxygen atoms in total. The summed E-state index contributed by atoms with van der Waals surface area (Å²) in [5, 5.41) is 24.3. The summed E-state index contributed by atoms with van der Waals surface area (Å²) in [7, 11) is 1.52. The molecule has 3 N–H and O–H groups in total. The molecule has 0 spiro atoms. The number of hydrogen-bond acceptors (Lipinski definition) is 6. The maximum atomic E-state index is 12.7. The van der Waals surface area contributed by atoms with E-state index in [1.165, 1.54) is 7.11 Å². The molecule has 3 atom stereocenters. The first-order valence-corrected chi connectivity index (χ1v) is 10.6. The van der Waals surface area contributed by atoms with Gasteiger partial charge >= 0.3 is 0 Å². The molecule has 162 valence electrons. The molecule has 1 aromatic heterocycles. The largest absolute Gasteiger partial charge is 0.504 e. The Balaban J connectivity index is 1.57. The highest BCUT2D eigenvalue weighted by atomic mass is 16.5. The Morgan fingerprint density at radius 3 is 2.97 bits per heavy atom. The van der Waals surface area contributed by atoms with Gasteiger partial charge < -0.3 is 24.7 Å². The third-order valence-corrected chi connectivity index (χ3v) is 6.60. The van der Waals surface area contributed by atoms with Crippen molar-refractivity contribution in [3.8, 4) is 11.5 Å². The molecule has 4 rings (SSSR count). The number of aliphatic hydroxyl groups is 1. The van der Waals surface area contributed by atoms with E-state index in [2.05, 4.69) is 10.2 Å². The number of carbonyl (C=O) groups is 1. The van der Waals surface area contributed by atoms with Gasteiger partial charge in [-0.05, 0) is 49.1 Å². The Hall–Kier alpha value is -2.51. The molecule has 1 aromatic carbocycles. The molecule has 7 heteroatoms. The molecule has 1 saturated heterocycles. The van der Waals surface area contributed by atoms with Crippen LogP contribution in [0, 0.1) is 5.92 Å². The highest BCUT2D eigenvalue weighted by molar-refractivity contribution is 5.78. The Labute approximate surface area is 176 Å². The summed E-state index contributed by atoms with van der Waals surface area (Å²) in [6.07, 6.45) is 6.05. The van der Waals surface area contributed by atoms with Gasteiger partial charge in [-0.3, -0.25) is 9.69 Å². The molecular weight excluding hydrogens is 384 g/mol. The summed E-state index contributed by atoms with van der Waals surface area (Å²) >= 11 is 0. The van der Waals surface area contributed by atoms with Gasteiger partial charge in [0.05, 0.1) is 32.1 Å². The number of likely N-dealkylation sites (tertiary alicyclic amines) is 1. The minimum atomic E-state index is -0.713. The smallest absolute Gasteiger partial charge is 0.234 e. The third-order valence-electron chi connectivity index (χ3n) is 6.60. The van der Waals surface area contributed by atoms with Crippen LogP contribution in [0.3, 0.4) is 0 Å². The number of hydrogen-bond donors (Lipinski definition) is 3. The maximum Gasteiger partial charge on any atom is 0.234 e. The monoisotopic (exact) mass is 414 g/mol. The number of carbonyl (C=O) groups excluding carboxylic acids is 1. The zero-order valence-electron chi connectivity index (χ0n) is 17.3. The minimum absolute atomic E-state index is 0.0344. The zero-order valence-corrected chi connectivity index (χ0v) is 17.3. The number of nitrogens with zero attached hydrogens (tertiary/aromatic N) is 1. The van der Waals surface area contributed by atoms with Crippen molar-refractivity contribution in [3.05, 3.63) is 47.9 Å². The van der Waals surface area contributed by atoms with Crippen LogP contribution in [0.15, 0.2) is 41.0 Å². The number of aromatic hydroxyl groups is 1. The van der Waals surface area contributed by atoms with Crippen LogP contribution in [-0.4, -0.2) is 46.8 Å². The number of amides is 1. The van der Waals surface area contributed by atoms with Gasteiger partial charge in [-0.2, -0.15) is 0 Å². The van der Waals surface area contributed by atoms with Gasteiger partial charge in [-0.1, -0.05) is 18.9 Å². The van der Waals surface area contributed by atoms with Crippen LogP contribution < -0.4 is 10.1 Å². The molecule has 1 amide bonds. The number of rotatable bonds is 6. The predicted molar refractivity (Wildman–Crippen MR) is 111 cm³/mol. The normalized spacial score (nSPS) is 26.7. The van der Waals surface area contributed by atoms with Crippen LogP contribution >= 0.6 is 0 Å². The topological polar surface area (TPSA) is 95.2 Å². The van der Waals surface area contributed by atoms with E-state index in [1.54, 1.807) is 18.4 Å². The van der Waals surface area contributed by atoms with Gasteiger partial charge in [-0.25, -0.2) is 0 Å². The number of furan rings is 1. The molecule has 1 saturated carbocycles. The van der Waals surface area contributed by atoms with Gasteiger partial charge in [0, 0.05) is 18.5 Å². The van der Waals surface area contributed by atoms with Crippen molar-refractivity contribution in [2.45, 2.75) is 50.3 Å². The Kier molecular flexibility index (Phi) is 6.01. The second kappa shape index (κ2) is 8.70. The molecule has 30 heavy (non-hydrogen) atoms. The number of fused-ring (bicyclic) bond motifs is 1. The summed E-state index contributed by atoms with van der Waals surface area (Å²) < 4.78 is 10.6. The summed E-state index contributed by atoms with van der Waals surface area (Å²) in [6, 6.07) is 8.83. The van der Waals surface area contributed by atoms with Crippen molar-refractivity contribution in [3.63, 3.8) is 0 Å². The Morgan fingerprint density at radius 2 is 2.20 bits per heavy atom. The van der Waals surface area contributed by atoms with Crippen LogP contribution in [0.2, 0.25) is 0 Å². The van der Waals surface area contributed by atoms with Gasteiger partial charge in [0.15, 0.2) is 11.5 Å². The summed E-state index contributed by atoms with van der Waals surface area (Å²) in [5.41, 5.74) is 0.239. The molecule has 0 unspecified atom stereocenters. The van der Waals surface area contributed by atoms with Crippen molar-refractivity contribution >= 4 is 5.91 Å². The molecule has 1 aliphatic heterocycles. The first-order valence-electron chi connectivity index (χ1n) is 10.6. The number of piperidine rings is 1. The fourth-order valence-corrected chi connectivity index (χ4v) is 5.08. The van der Waals surface area contributed by atoms with Crippen molar-refractivity contribution < 1.29 is 24.2 Å². The quantitative estimate of drug-likeness (QED) is 0.673. The minimum Gasteiger partial charge on any atom is -0.504 e. The summed E-state index contributed by atoms with van der Waals surface area (Å²) in [5.74, 6) is 1.15. The van der Waals surface area contributed by atoms with Crippen LogP contribution in [0.4, 0.5) is 0 Å². The first-order chi connectivity index (χ1) is 14.5. The van der Waals surface area contributed by atoms with Gasteiger partial charge in [0.2, 0.25) is 5.91 Å². The van der Waals surface area contributed by atoms with E-state index in [9.17, 15) is 15.0 Å². The zero-order chi connectivity index (χ0) is 21.1. The van der Waals surface area contributed by atoms with Crippen molar-refractivity contribution in [1.82, 2.24) is 10.2 Å². The van der Waals surface area contributed by atoms with E-state index >= 15 is 0 Å². The van der Waals surface area contributed by atoms with Crippen molar-refractivity contribution in [2.24, 2.45) is 5.92 Å². The highest BCUT2D eigenvalue weighted by Crippen LogP contribution is 2.49. The molecular formula is C23H30N2O5. The lowest BCUT2D eigenvalue weighted by atomic mass is 9.66. The maximum absolute atomic E-state index is 12.7. The molecule has 1 aliphatic carbocycles. The number of phenolic OH excluding ortho intramolecular Hbond substituents is 1. The van der Waals surface area contributed by atoms with Crippen LogP contribution in [-0.2, 0) is 11.3 Å². The SMILES string of the molecule is COc1cc([C@H]2[C@@H]3CCCC[C@@]3(O)CCN2CC(=O)NCc2ccco2)ccc1O. The van der Waals surface area contributed by atoms with Crippen LogP contribution in [0.25, 0.3) is 0 Å². The molecule has 0 bridgehead atoms. The van der Waals surface area contributed by atoms with Gasteiger partial charge in [-0.15, -0.1) is 0 Å². The van der Waals surface area contributed by atoms with Crippen molar-refractivity contribution in [2.75, 3.05) is 20.2 Å².